The van der Waals surface area contributed by atoms with E-state index in [-0.39, 0.29) is 0 Å². The molecule has 1 aromatic rings. The third-order valence-electron chi connectivity index (χ3n) is 2.75. The van der Waals surface area contributed by atoms with Crippen LogP contribution in [0.25, 0.3) is 0 Å². The molecule has 1 aliphatic heterocycles. The third-order valence-corrected chi connectivity index (χ3v) is 4.06. The number of hydrogen-bond acceptors (Lipinski definition) is 4. The van der Waals surface area contributed by atoms with Gasteiger partial charge in [0.1, 0.15) is 0 Å². The number of aromatic nitrogens is 2. The maximum absolute atomic E-state index is 4.48. The molecule has 1 unspecified atom stereocenters. The Balaban J connectivity index is 1.71. The number of aliphatic imine (C=N–C) groups is 1. The fourth-order valence-electron chi connectivity index (χ4n) is 1.67. The van der Waals surface area contributed by atoms with Gasteiger partial charge in [0.15, 0.2) is 5.17 Å². The highest BCUT2D eigenvalue weighted by molar-refractivity contribution is 8.14. The lowest BCUT2D eigenvalue weighted by atomic mass is 10.3. The van der Waals surface area contributed by atoms with Crippen LogP contribution in [0.2, 0.25) is 0 Å². The van der Waals surface area contributed by atoms with E-state index >= 15 is 0 Å². The van der Waals surface area contributed by atoms with Crippen LogP contribution in [0.1, 0.15) is 19.0 Å². The van der Waals surface area contributed by atoms with Crippen LogP contribution in [0.4, 0.5) is 0 Å². The average Bonchev–Trinajstić information content (AvgIpc) is 2.89. The van der Waals surface area contributed by atoms with Gasteiger partial charge in [-0.15, -0.1) is 0 Å². The van der Waals surface area contributed by atoms with Crippen molar-refractivity contribution < 1.29 is 0 Å². The minimum atomic E-state index is 0.680. The van der Waals surface area contributed by atoms with Crippen molar-refractivity contribution in [3.63, 3.8) is 0 Å². The maximum Gasteiger partial charge on any atom is 0.156 e. The van der Waals surface area contributed by atoms with Crippen LogP contribution in [0, 0.1) is 0 Å². The van der Waals surface area contributed by atoms with E-state index in [1.54, 1.807) is 0 Å². The predicted molar refractivity (Wildman–Crippen MR) is 68.9 cm³/mol. The standard InChI is InChI=1S/C11H18N4S/c1-3-10-8-13-11(16-10)12-6-4-9-5-7-14-15(9)2/h5,7,10H,3-4,6,8H2,1-2H3,(H,12,13). The van der Waals surface area contributed by atoms with Crippen molar-refractivity contribution in [2.24, 2.45) is 12.0 Å². The van der Waals surface area contributed by atoms with Crippen molar-refractivity contribution in [1.29, 1.82) is 0 Å². The molecule has 0 aromatic carbocycles. The van der Waals surface area contributed by atoms with Gasteiger partial charge in [0.2, 0.25) is 0 Å². The molecule has 4 nitrogen and oxygen atoms in total. The van der Waals surface area contributed by atoms with Gasteiger partial charge in [-0.05, 0) is 12.5 Å². The quantitative estimate of drug-likeness (QED) is 0.863. The van der Waals surface area contributed by atoms with E-state index in [0.29, 0.717) is 5.25 Å². The first-order valence-corrected chi connectivity index (χ1v) is 6.59. The van der Waals surface area contributed by atoms with E-state index in [0.717, 1.165) is 24.7 Å². The highest BCUT2D eigenvalue weighted by Crippen LogP contribution is 2.21. The summed E-state index contributed by atoms with van der Waals surface area (Å²) in [6.45, 7) is 4.11. The molecular formula is C11H18N4S. The Morgan fingerprint density at radius 2 is 2.50 bits per heavy atom. The van der Waals surface area contributed by atoms with Crippen LogP contribution in [-0.2, 0) is 13.5 Å². The van der Waals surface area contributed by atoms with Gasteiger partial charge in [0, 0.05) is 37.2 Å². The molecule has 1 aliphatic rings. The second kappa shape index (κ2) is 5.39. The van der Waals surface area contributed by atoms with Gasteiger partial charge in [0.25, 0.3) is 0 Å². The number of thioether (sulfide) groups is 1. The van der Waals surface area contributed by atoms with Crippen molar-refractivity contribution >= 4 is 16.9 Å². The number of nitrogens with one attached hydrogen (secondary N) is 1. The molecule has 0 spiro atoms. The van der Waals surface area contributed by atoms with E-state index < -0.39 is 0 Å². The van der Waals surface area contributed by atoms with Gasteiger partial charge in [-0.25, -0.2) is 0 Å². The Labute approximate surface area is 101 Å². The molecule has 1 N–H and O–H groups in total. The number of hydrogen-bond donors (Lipinski definition) is 1. The largest absolute Gasteiger partial charge is 0.365 e. The zero-order valence-corrected chi connectivity index (χ0v) is 10.6. The molecule has 5 heteroatoms. The van der Waals surface area contributed by atoms with Crippen LogP contribution in [0.5, 0.6) is 0 Å². The fourth-order valence-corrected chi connectivity index (χ4v) is 2.64. The summed E-state index contributed by atoms with van der Waals surface area (Å²) in [6, 6.07) is 2.06. The van der Waals surface area contributed by atoms with Gasteiger partial charge >= 0.3 is 0 Å². The molecule has 2 rings (SSSR count). The fraction of sp³-hybridized carbons (Fsp3) is 0.636. The molecule has 0 bridgehead atoms. The highest BCUT2D eigenvalue weighted by Gasteiger charge is 2.16. The number of amidine groups is 1. The second-order valence-corrected chi connectivity index (χ2v) is 5.21. The first kappa shape index (κ1) is 11.5. The van der Waals surface area contributed by atoms with Gasteiger partial charge in [-0.3, -0.25) is 9.67 Å². The highest BCUT2D eigenvalue weighted by atomic mass is 32.2. The monoisotopic (exact) mass is 238 g/mol. The molecule has 0 radical (unpaired) electrons. The summed E-state index contributed by atoms with van der Waals surface area (Å²) >= 11 is 1.87. The molecule has 0 fully saturated rings. The lowest BCUT2D eigenvalue weighted by Gasteiger charge is -2.07. The Hall–Kier alpha value is -0.970. The molecule has 16 heavy (non-hydrogen) atoms. The molecule has 2 heterocycles. The molecule has 0 saturated carbocycles. The lowest BCUT2D eigenvalue weighted by Crippen LogP contribution is -2.23. The van der Waals surface area contributed by atoms with Gasteiger partial charge in [-0.1, -0.05) is 18.7 Å². The Morgan fingerprint density at radius 3 is 3.12 bits per heavy atom. The molecule has 0 aliphatic carbocycles. The molecule has 1 atom stereocenters. The summed E-state index contributed by atoms with van der Waals surface area (Å²) in [7, 11) is 1.98. The van der Waals surface area contributed by atoms with Gasteiger partial charge in [-0.2, -0.15) is 5.10 Å². The lowest BCUT2D eigenvalue weighted by molar-refractivity contribution is 0.696. The Morgan fingerprint density at radius 1 is 1.62 bits per heavy atom. The summed E-state index contributed by atoms with van der Waals surface area (Å²) < 4.78 is 1.92. The normalized spacial score (nSPS) is 19.9. The van der Waals surface area contributed by atoms with Gasteiger partial charge in [0.05, 0.1) is 6.54 Å². The van der Waals surface area contributed by atoms with Crippen molar-refractivity contribution in [3.8, 4) is 0 Å². The van der Waals surface area contributed by atoms with E-state index in [4.69, 9.17) is 0 Å². The van der Waals surface area contributed by atoms with E-state index in [1.165, 1.54) is 12.1 Å². The molecule has 88 valence electrons. The smallest absolute Gasteiger partial charge is 0.156 e. The summed E-state index contributed by atoms with van der Waals surface area (Å²) in [4.78, 5) is 4.48. The first-order chi connectivity index (χ1) is 7.79. The Kier molecular flexibility index (Phi) is 3.88. The third kappa shape index (κ3) is 2.78. The zero-order valence-electron chi connectivity index (χ0n) is 9.81. The maximum atomic E-state index is 4.48. The zero-order chi connectivity index (χ0) is 11.4. The van der Waals surface area contributed by atoms with Gasteiger partial charge < -0.3 is 5.32 Å². The van der Waals surface area contributed by atoms with Crippen LogP contribution in [0.15, 0.2) is 17.3 Å². The molecule has 0 saturated heterocycles. The van der Waals surface area contributed by atoms with Crippen molar-refractivity contribution in [2.75, 3.05) is 13.1 Å². The van der Waals surface area contributed by atoms with E-state index in [2.05, 4.69) is 28.4 Å². The van der Waals surface area contributed by atoms with Crippen molar-refractivity contribution in [2.45, 2.75) is 25.0 Å². The number of nitrogens with zero attached hydrogens (tertiary/aromatic N) is 3. The number of rotatable bonds is 4. The SMILES string of the molecule is CCC1CN=C(NCCc2ccnn2C)S1. The minimum absolute atomic E-state index is 0.680. The van der Waals surface area contributed by atoms with Crippen molar-refractivity contribution in [3.05, 3.63) is 18.0 Å². The second-order valence-electron chi connectivity index (χ2n) is 3.92. The minimum Gasteiger partial charge on any atom is -0.365 e. The van der Waals surface area contributed by atoms with Crippen LogP contribution in [0.3, 0.4) is 0 Å². The van der Waals surface area contributed by atoms with Crippen LogP contribution in [-0.4, -0.2) is 33.3 Å². The topological polar surface area (TPSA) is 42.2 Å². The summed E-state index contributed by atoms with van der Waals surface area (Å²) in [5, 5.41) is 9.31. The average molecular weight is 238 g/mol. The van der Waals surface area contributed by atoms with E-state index in [1.807, 2.05) is 29.7 Å². The number of aryl methyl sites for hydroxylation is 1. The van der Waals surface area contributed by atoms with Crippen LogP contribution >= 0.6 is 11.8 Å². The molecule has 1 aromatic heterocycles. The summed E-state index contributed by atoms with van der Waals surface area (Å²) in [6.07, 6.45) is 4.03. The van der Waals surface area contributed by atoms with Crippen molar-refractivity contribution in [1.82, 2.24) is 15.1 Å². The Bertz CT molecular complexity index is 372. The first-order valence-electron chi connectivity index (χ1n) is 5.71. The van der Waals surface area contributed by atoms with E-state index in [9.17, 15) is 0 Å². The summed E-state index contributed by atoms with van der Waals surface area (Å²) in [5.74, 6) is 0. The molecule has 0 amide bonds. The van der Waals surface area contributed by atoms with Crippen LogP contribution < -0.4 is 5.32 Å². The summed E-state index contributed by atoms with van der Waals surface area (Å²) in [5.41, 5.74) is 1.25. The predicted octanol–water partition coefficient (Wildman–Crippen LogP) is 1.43. The molecular weight excluding hydrogens is 220 g/mol.